The van der Waals surface area contributed by atoms with Crippen LogP contribution in [0, 0.1) is 19.7 Å². The quantitative estimate of drug-likeness (QED) is 0.929. The van der Waals surface area contributed by atoms with Gasteiger partial charge < -0.3 is 10.2 Å². The molecule has 18 heavy (non-hydrogen) atoms. The lowest BCUT2D eigenvalue weighted by Gasteiger charge is -2.11. The summed E-state index contributed by atoms with van der Waals surface area (Å²) < 4.78 is 19.1. The summed E-state index contributed by atoms with van der Waals surface area (Å²) in [7, 11) is 0. The first-order chi connectivity index (χ1) is 8.47. The molecule has 2 rings (SSSR count). The van der Waals surface area contributed by atoms with Crippen molar-refractivity contribution in [3.63, 3.8) is 0 Å². The number of hydrogen-bond donors (Lipinski definition) is 1. The average Bonchev–Trinajstić information content (AvgIpc) is 2.63. The van der Waals surface area contributed by atoms with Crippen molar-refractivity contribution in [3.8, 4) is 0 Å². The molecule has 1 aromatic carbocycles. The minimum atomic E-state index is -0.261. The summed E-state index contributed by atoms with van der Waals surface area (Å²) in [5, 5.41) is 0. The maximum absolute atomic E-state index is 13.1. The van der Waals surface area contributed by atoms with E-state index in [0.29, 0.717) is 10.9 Å². The molecule has 1 atom stereocenters. The fraction of sp³-hybridized carbons (Fsp3) is 0.286. The van der Waals surface area contributed by atoms with Crippen molar-refractivity contribution in [3.05, 3.63) is 57.2 Å². The number of hydrogen-bond acceptors (Lipinski definition) is 2. The van der Waals surface area contributed by atoms with E-state index < -0.39 is 0 Å². The highest BCUT2D eigenvalue weighted by atomic mass is 79.9. The number of rotatable bonds is 3. The second kappa shape index (κ2) is 5.24. The maximum atomic E-state index is 13.1. The van der Waals surface area contributed by atoms with Gasteiger partial charge in [0.25, 0.3) is 0 Å². The van der Waals surface area contributed by atoms with Crippen molar-refractivity contribution in [1.29, 1.82) is 0 Å². The molecule has 1 unspecified atom stereocenters. The summed E-state index contributed by atoms with van der Waals surface area (Å²) in [6, 6.07) is 6.78. The molecule has 0 amide bonds. The molecule has 2 N–H and O–H groups in total. The summed E-state index contributed by atoms with van der Waals surface area (Å²) in [5.41, 5.74) is 8.16. The molecule has 2 aromatic rings. The Kier molecular flexibility index (Phi) is 3.88. The third-order valence-electron chi connectivity index (χ3n) is 2.92. The van der Waals surface area contributed by atoms with E-state index >= 15 is 0 Å². The van der Waals surface area contributed by atoms with Crippen molar-refractivity contribution >= 4 is 15.9 Å². The molecule has 0 spiro atoms. The predicted octanol–water partition coefficient (Wildman–Crippen LogP) is 4.04. The molecule has 0 saturated carbocycles. The Bertz CT molecular complexity index is 565. The van der Waals surface area contributed by atoms with Crippen LogP contribution < -0.4 is 5.73 Å². The van der Waals surface area contributed by atoms with E-state index in [2.05, 4.69) is 15.9 Å². The van der Waals surface area contributed by atoms with E-state index in [1.807, 2.05) is 19.9 Å². The Hall–Kier alpha value is -1.13. The topological polar surface area (TPSA) is 39.2 Å². The lowest BCUT2D eigenvalue weighted by molar-refractivity contribution is 0.497. The summed E-state index contributed by atoms with van der Waals surface area (Å²) in [5.74, 6) is 1.45. The molecule has 2 nitrogen and oxygen atoms in total. The van der Waals surface area contributed by atoms with Gasteiger partial charge in [-0.2, -0.15) is 0 Å². The lowest BCUT2D eigenvalue weighted by atomic mass is 10.00. The highest BCUT2D eigenvalue weighted by molar-refractivity contribution is 9.10. The van der Waals surface area contributed by atoms with Gasteiger partial charge in [-0.15, -0.1) is 0 Å². The van der Waals surface area contributed by atoms with Gasteiger partial charge in [-0.1, -0.05) is 6.07 Å². The smallest absolute Gasteiger partial charge is 0.137 e. The van der Waals surface area contributed by atoms with Crippen LogP contribution in [0.3, 0.4) is 0 Å². The van der Waals surface area contributed by atoms with Crippen molar-refractivity contribution in [1.82, 2.24) is 0 Å². The van der Waals surface area contributed by atoms with Crippen molar-refractivity contribution < 1.29 is 8.81 Å². The molecule has 0 fully saturated rings. The van der Waals surface area contributed by atoms with Gasteiger partial charge >= 0.3 is 0 Å². The molecule has 4 heteroatoms. The van der Waals surface area contributed by atoms with E-state index in [1.165, 1.54) is 6.07 Å². The van der Waals surface area contributed by atoms with Crippen LogP contribution in [0.2, 0.25) is 0 Å². The van der Waals surface area contributed by atoms with E-state index in [9.17, 15) is 4.39 Å². The normalized spacial score (nSPS) is 12.7. The molecule has 96 valence electrons. The average molecular weight is 312 g/mol. The minimum absolute atomic E-state index is 0.139. The molecule has 0 aliphatic heterocycles. The molecule has 0 bridgehead atoms. The highest BCUT2D eigenvalue weighted by Gasteiger charge is 2.14. The monoisotopic (exact) mass is 311 g/mol. The molecular formula is C14H15BrFNO. The zero-order valence-corrected chi connectivity index (χ0v) is 11.9. The van der Waals surface area contributed by atoms with E-state index in [4.69, 9.17) is 10.2 Å². The fourth-order valence-electron chi connectivity index (χ4n) is 2.05. The minimum Gasteiger partial charge on any atom is -0.466 e. The third kappa shape index (κ3) is 2.82. The van der Waals surface area contributed by atoms with Crippen LogP contribution in [0.1, 0.15) is 28.7 Å². The van der Waals surface area contributed by atoms with Crippen molar-refractivity contribution in [2.75, 3.05) is 0 Å². The Morgan fingerprint density at radius 2 is 2.06 bits per heavy atom. The van der Waals surface area contributed by atoms with E-state index in [-0.39, 0.29) is 11.9 Å². The van der Waals surface area contributed by atoms with Crippen molar-refractivity contribution in [2.45, 2.75) is 26.3 Å². The Balaban J connectivity index is 2.18. The van der Waals surface area contributed by atoms with E-state index in [1.54, 1.807) is 12.1 Å². The molecule has 0 radical (unpaired) electrons. The summed E-state index contributed by atoms with van der Waals surface area (Å²) in [4.78, 5) is 0. The first-order valence-corrected chi connectivity index (χ1v) is 6.53. The summed E-state index contributed by atoms with van der Waals surface area (Å²) >= 11 is 3.18. The summed E-state index contributed by atoms with van der Waals surface area (Å²) in [6.07, 6.45) is 0.651. The summed E-state index contributed by atoms with van der Waals surface area (Å²) in [6.45, 7) is 3.81. The Morgan fingerprint density at radius 1 is 1.33 bits per heavy atom. The number of halogens is 2. The van der Waals surface area contributed by atoms with Crippen LogP contribution >= 0.6 is 15.9 Å². The van der Waals surface area contributed by atoms with Gasteiger partial charge in [0.1, 0.15) is 17.3 Å². The number of benzene rings is 1. The first-order valence-electron chi connectivity index (χ1n) is 5.74. The highest BCUT2D eigenvalue weighted by Crippen LogP contribution is 2.24. The SMILES string of the molecule is Cc1cc(C(N)Cc2ccc(F)c(Br)c2)c(C)o1. The predicted molar refractivity (Wildman–Crippen MR) is 72.9 cm³/mol. The standard InChI is InChI=1S/C14H15BrFNO/c1-8-5-11(9(2)18-8)14(17)7-10-3-4-13(16)12(15)6-10/h3-6,14H,7,17H2,1-2H3. The van der Waals surface area contributed by atoms with Gasteiger partial charge in [0.05, 0.1) is 4.47 Å². The van der Waals surface area contributed by atoms with Gasteiger partial charge in [-0.05, 0) is 60.0 Å². The van der Waals surface area contributed by atoms with Crippen LogP contribution in [-0.2, 0) is 6.42 Å². The molecule has 0 aliphatic carbocycles. The number of aryl methyl sites for hydroxylation is 2. The first kappa shape index (κ1) is 13.3. The molecule has 0 aliphatic rings. The molecule has 1 heterocycles. The van der Waals surface area contributed by atoms with Gasteiger partial charge in [-0.25, -0.2) is 4.39 Å². The maximum Gasteiger partial charge on any atom is 0.137 e. The van der Waals surface area contributed by atoms with Crippen molar-refractivity contribution in [2.24, 2.45) is 5.73 Å². The largest absolute Gasteiger partial charge is 0.466 e. The zero-order chi connectivity index (χ0) is 13.3. The second-order valence-electron chi connectivity index (χ2n) is 4.43. The van der Waals surface area contributed by atoms with E-state index in [0.717, 1.165) is 22.6 Å². The molecular weight excluding hydrogens is 297 g/mol. The Labute approximate surface area is 114 Å². The van der Waals surface area contributed by atoms with Crippen LogP contribution in [0.5, 0.6) is 0 Å². The molecule has 0 saturated heterocycles. The fourth-order valence-corrected chi connectivity index (χ4v) is 2.48. The van der Waals surface area contributed by atoms with Gasteiger partial charge in [0, 0.05) is 11.6 Å². The van der Waals surface area contributed by atoms with Gasteiger partial charge in [0.15, 0.2) is 0 Å². The second-order valence-corrected chi connectivity index (χ2v) is 5.28. The van der Waals surface area contributed by atoms with Gasteiger partial charge in [-0.3, -0.25) is 0 Å². The Morgan fingerprint density at radius 3 is 2.61 bits per heavy atom. The van der Waals surface area contributed by atoms with Gasteiger partial charge in [0.2, 0.25) is 0 Å². The zero-order valence-electron chi connectivity index (χ0n) is 10.3. The molecule has 1 aromatic heterocycles. The number of furan rings is 1. The van der Waals surface area contributed by atoms with Crippen LogP contribution in [0.15, 0.2) is 33.2 Å². The third-order valence-corrected chi connectivity index (χ3v) is 3.53. The lowest BCUT2D eigenvalue weighted by Crippen LogP contribution is -2.13. The number of nitrogens with two attached hydrogens (primary N) is 1. The van der Waals surface area contributed by atoms with Crippen LogP contribution in [-0.4, -0.2) is 0 Å². The van der Waals surface area contributed by atoms with Crippen LogP contribution in [0.25, 0.3) is 0 Å². The van der Waals surface area contributed by atoms with Crippen LogP contribution in [0.4, 0.5) is 4.39 Å².